The Kier molecular flexibility index (Phi) is 4.33. The van der Waals surface area contributed by atoms with Crippen LogP contribution in [0.15, 0.2) is 36.4 Å². The molecule has 1 fully saturated rings. The summed E-state index contributed by atoms with van der Waals surface area (Å²) >= 11 is 0. The molecule has 0 spiro atoms. The number of rotatable bonds is 5. The Labute approximate surface area is 158 Å². The van der Waals surface area contributed by atoms with Gasteiger partial charge in [0.1, 0.15) is 22.9 Å². The highest BCUT2D eigenvalue weighted by Crippen LogP contribution is 2.42. The summed E-state index contributed by atoms with van der Waals surface area (Å²) in [7, 11) is 1.41. The van der Waals surface area contributed by atoms with E-state index in [0.717, 1.165) is 35.3 Å². The zero-order valence-corrected chi connectivity index (χ0v) is 15.8. The van der Waals surface area contributed by atoms with E-state index >= 15 is 0 Å². The number of carbonyl (C=O) groups is 1. The lowest BCUT2D eigenvalue weighted by molar-refractivity contribution is -0.142. The number of ether oxygens (including phenoxy) is 3. The summed E-state index contributed by atoms with van der Waals surface area (Å²) in [5.41, 5.74) is 2.50. The second kappa shape index (κ2) is 6.55. The molecule has 0 radical (unpaired) electrons. The lowest BCUT2D eigenvalue weighted by atomic mass is 9.93. The smallest absolute Gasteiger partial charge is 0.309 e. The van der Waals surface area contributed by atoms with Crippen LogP contribution >= 0.6 is 0 Å². The molecule has 1 saturated carbocycles. The van der Waals surface area contributed by atoms with Crippen LogP contribution in [0.5, 0.6) is 11.5 Å². The lowest BCUT2D eigenvalue weighted by Gasteiger charge is -2.16. The van der Waals surface area contributed by atoms with Gasteiger partial charge in [-0.1, -0.05) is 12.1 Å². The van der Waals surface area contributed by atoms with Crippen molar-refractivity contribution < 1.29 is 23.4 Å². The van der Waals surface area contributed by atoms with Crippen LogP contribution in [0.25, 0.3) is 11.1 Å². The molecule has 27 heavy (non-hydrogen) atoms. The second-order valence-corrected chi connectivity index (χ2v) is 7.93. The van der Waals surface area contributed by atoms with Crippen molar-refractivity contribution in [2.45, 2.75) is 32.3 Å². The van der Waals surface area contributed by atoms with Gasteiger partial charge in [0.05, 0.1) is 19.6 Å². The van der Waals surface area contributed by atoms with Gasteiger partial charge in [0.2, 0.25) is 0 Å². The van der Waals surface area contributed by atoms with Gasteiger partial charge in [0.15, 0.2) is 0 Å². The first-order valence-electron chi connectivity index (χ1n) is 9.19. The highest BCUT2D eigenvalue weighted by atomic mass is 19.1. The predicted molar refractivity (Wildman–Crippen MR) is 99.4 cm³/mol. The molecule has 1 heterocycles. The van der Waals surface area contributed by atoms with Gasteiger partial charge in [-0.15, -0.1) is 0 Å². The highest BCUT2D eigenvalue weighted by Gasteiger charge is 2.44. The maximum Gasteiger partial charge on any atom is 0.309 e. The van der Waals surface area contributed by atoms with Crippen molar-refractivity contribution in [2.75, 3.05) is 13.7 Å². The van der Waals surface area contributed by atoms with E-state index < -0.39 is 0 Å². The average Bonchev–Trinajstić information content (AvgIpc) is 3.34. The molecule has 2 unspecified atom stereocenters. The van der Waals surface area contributed by atoms with E-state index in [-0.39, 0.29) is 29.2 Å². The molecule has 5 heteroatoms. The van der Waals surface area contributed by atoms with Gasteiger partial charge >= 0.3 is 5.97 Å². The minimum atomic E-state index is -0.325. The van der Waals surface area contributed by atoms with Crippen LogP contribution in [0.1, 0.15) is 25.8 Å². The van der Waals surface area contributed by atoms with Gasteiger partial charge in [-0.05, 0) is 49.6 Å². The van der Waals surface area contributed by atoms with Crippen LogP contribution in [0, 0.1) is 17.7 Å². The van der Waals surface area contributed by atoms with Crippen molar-refractivity contribution in [3.05, 3.63) is 47.8 Å². The molecule has 0 bridgehead atoms. The topological polar surface area (TPSA) is 44.8 Å². The summed E-state index contributed by atoms with van der Waals surface area (Å²) in [5, 5.41) is 0. The van der Waals surface area contributed by atoms with Crippen molar-refractivity contribution in [1.82, 2.24) is 0 Å². The van der Waals surface area contributed by atoms with E-state index in [9.17, 15) is 9.18 Å². The quantitative estimate of drug-likeness (QED) is 0.732. The number of halogens is 1. The molecule has 142 valence electrons. The van der Waals surface area contributed by atoms with Crippen LogP contribution in [-0.4, -0.2) is 25.3 Å². The Hall–Kier alpha value is -2.56. The van der Waals surface area contributed by atoms with E-state index in [1.165, 1.54) is 13.2 Å². The van der Waals surface area contributed by atoms with Gasteiger partial charge in [0.25, 0.3) is 0 Å². The van der Waals surface area contributed by atoms with Crippen LogP contribution in [0.3, 0.4) is 0 Å². The second-order valence-electron chi connectivity index (χ2n) is 7.93. The summed E-state index contributed by atoms with van der Waals surface area (Å²) in [6, 6.07) is 10.6. The minimum Gasteiger partial charge on any atom is -0.493 e. The average molecular weight is 370 g/mol. The third-order valence-corrected chi connectivity index (χ3v) is 5.22. The molecule has 2 atom stereocenters. The zero-order chi connectivity index (χ0) is 19.2. The number of methoxy groups -OCH3 is 1. The summed E-state index contributed by atoms with van der Waals surface area (Å²) in [4.78, 5) is 11.4. The van der Waals surface area contributed by atoms with Crippen LogP contribution < -0.4 is 9.47 Å². The number of esters is 1. The summed E-state index contributed by atoms with van der Waals surface area (Å²) in [6.07, 6.45) is 1.56. The van der Waals surface area contributed by atoms with Gasteiger partial charge < -0.3 is 14.2 Å². The molecule has 4 rings (SSSR count). The number of hydrogen-bond donors (Lipinski definition) is 0. The summed E-state index contributed by atoms with van der Waals surface area (Å²) < 4.78 is 30.4. The first-order valence-corrected chi connectivity index (χ1v) is 9.19. The van der Waals surface area contributed by atoms with E-state index in [1.807, 2.05) is 38.1 Å². The number of hydrogen-bond acceptors (Lipinski definition) is 4. The fourth-order valence-corrected chi connectivity index (χ4v) is 3.71. The molecular formula is C22H23FO4. The molecule has 1 aliphatic heterocycles. The van der Waals surface area contributed by atoms with Crippen molar-refractivity contribution in [2.24, 2.45) is 11.8 Å². The molecule has 2 aromatic rings. The van der Waals surface area contributed by atoms with E-state index in [0.29, 0.717) is 12.4 Å². The molecular weight excluding hydrogens is 347 g/mol. The maximum atomic E-state index is 14.0. The largest absolute Gasteiger partial charge is 0.493 e. The fourth-order valence-electron chi connectivity index (χ4n) is 3.71. The van der Waals surface area contributed by atoms with Crippen molar-refractivity contribution in [1.29, 1.82) is 0 Å². The van der Waals surface area contributed by atoms with Crippen molar-refractivity contribution in [3.63, 3.8) is 0 Å². The van der Waals surface area contributed by atoms with Gasteiger partial charge in [0, 0.05) is 24.0 Å². The fraction of sp³-hybridized carbons (Fsp3) is 0.409. The lowest BCUT2D eigenvalue weighted by Crippen LogP contribution is -2.24. The molecule has 2 aliphatic rings. The molecule has 1 aliphatic carbocycles. The van der Waals surface area contributed by atoms with Gasteiger partial charge in [-0.2, -0.15) is 0 Å². The van der Waals surface area contributed by atoms with E-state index in [2.05, 4.69) is 0 Å². The van der Waals surface area contributed by atoms with E-state index in [1.54, 1.807) is 6.07 Å². The predicted octanol–water partition coefficient (Wildman–Crippen LogP) is 4.39. The maximum absolute atomic E-state index is 14.0. The minimum absolute atomic E-state index is 0.0347. The highest BCUT2D eigenvalue weighted by molar-refractivity contribution is 5.75. The van der Waals surface area contributed by atoms with Crippen LogP contribution in [0.4, 0.5) is 4.39 Å². The molecule has 0 amide bonds. The zero-order valence-electron chi connectivity index (χ0n) is 15.8. The summed E-state index contributed by atoms with van der Waals surface area (Å²) in [6.45, 7) is 4.51. The summed E-state index contributed by atoms with van der Waals surface area (Å²) in [5.74, 6) is 1.08. The molecule has 2 aromatic carbocycles. The van der Waals surface area contributed by atoms with Crippen molar-refractivity contribution >= 4 is 5.97 Å². The number of carbonyl (C=O) groups excluding carboxylic acids is 1. The standard InChI is InChI=1S/C22H23FO4/c1-22(2)11-19-17(9-15(23)10-20(19)27-22)13-4-6-16(7-5-13)26-12-14-8-18(14)21(24)25-3/h4-7,9-10,14,18H,8,11-12H2,1-3H3. The first kappa shape index (κ1) is 17.8. The molecule has 4 nitrogen and oxygen atoms in total. The number of fused-ring (bicyclic) bond motifs is 1. The molecule has 0 aromatic heterocycles. The van der Waals surface area contributed by atoms with Gasteiger partial charge in [-0.3, -0.25) is 4.79 Å². The Balaban J connectivity index is 1.47. The molecule has 0 N–H and O–H groups in total. The normalized spacial score (nSPS) is 21.9. The Morgan fingerprint density at radius 3 is 2.70 bits per heavy atom. The third-order valence-electron chi connectivity index (χ3n) is 5.22. The molecule has 0 saturated heterocycles. The third kappa shape index (κ3) is 3.64. The SMILES string of the molecule is COC(=O)C1CC1COc1ccc(-c2cc(F)cc3c2CC(C)(C)O3)cc1. The van der Waals surface area contributed by atoms with E-state index in [4.69, 9.17) is 14.2 Å². The Morgan fingerprint density at radius 2 is 2.00 bits per heavy atom. The number of benzene rings is 2. The van der Waals surface area contributed by atoms with Crippen LogP contribution in [-0.2, 0) is 16.0 Å². The first-order chi connectivity index (χ1) is 12.9. The Bertz CT molecular complexity index is 873. The monoisotopic (exact) mass is 370 g/mol. The Morgan fingerprint density at radius 1 is 1.26 bits per heavy atom. The van der Waals surface area contributed by atoms with Crippen LogP contribution in [0.2, 0.25) is 0 Å². The van der Waals surface area contributed by atoms with Crippen molar-refractivity contribution in [3.8, 4) is 22.6 Å². The van der Waals surface area contributed by atoms with Gasteiger partial charge in [-0.25, -0.2) is 4.39 Å².